The van der Waals surface area contributed by atoms with Crippen LogP contribution in [0, 0.1) is 0 Å². The van der Waals surface area contributed by atoms with Gasteiger partial charge in [-0.25, -0.2) is 0 Å². The van der Waals surface area contributed by atoms with Crippen LogP contribution < -0.4 is 0 Å². The van der Waals surface area contributed by atoms with Gasteiger partial charge in [0.05, 0.1) is 0 Å². The maximum atomic E-state index is 12.8. The lowest BCUT2D eigenvalue weighted by atomic mass is 10.0. The molecule has 0 spiro atoms. The third-order valence-electron chi connectivity index (χ3n) is 16.5. The Morgan fingerprint density at radius 1 is 0.244 bits per heavy atom. The molecule has 0 rings (SSSR count). The average Bonchev–Trinajstić information content (AvgIpc) is 3.44. The molecule has 78 heavy (non-hydrogen) atoms. The molecule has 0 aliphatic heterocycles. The van der Waals surface area contributed by atoms with E-state index >= 15 is 0 Å². The van der Waals surface area contributed by atoms with Gasteiger partial charge in [0, 0.05) is 19.3 Å². The Balaban J connectivity index is 3.87. The third kappa shape index (κ3) is 65.0. The fourth-order valence-electron chi connectivity index (χ4n) is 11.2. The molecule has 0 aromatic rings. The molecule has 0 aliphatic rings. The predicted molar refractivity (Wildman–Crippen MR) is 340 cm³/mol. The fourth-order valence-corrected chi connectivity index (χ4v) is 11.2. The highest BCUT2D eigenvalue weighted by molar-refractivity contribution is 5.71. The second-order valence-corrected chi connectivity index (χ2v) is 24.5. The zero-order chi connectivity index (χ0) is 56.4. The van der Waals surface area contributed by atoms with E-state index in [1.54, 1.807) is 0 Å². The molecular formula is C72H138O6. The van der Waals surface area contributed by atoms with Crippen LogP contribution >= 0.6 is 0 Å². The van der Waals surface area contributed by atoms with Crippen molar-refractivity contribution in [2.24, 2.45) is 0 Å². The smallest absolute Gasteiger partial charge is 0.306 e. The Bertz CT molecular complexity index is 1210. The number of allylic oxidation sites excluding steroid dienone is 2. The molecule has 0 saturated carbocycles. The summed E-state index contributed by atoms with van der Waals surface area (Å²) in [5, 5.41) is 0. The maximum Gasteiger partial charge on any atom is 0.306 e. The largest absolute Gasteiger partial charge is 0.462 e. The van der Waals surface area contributed by atoms with Crippen molar-refractivity contribution in [1.82, 2.24) is 0 Å². The molecule has 0 saturated heterocycles. The summed E-state index contributed by atoms with van der Waals surface area (Å²) < 4.78 is 16.9. The van der Waals surface area contributed by atoms with Gasteiger partial charge >= 0.3 is 17.9 Å². The molecule has 6 heteroatoms. The number of carbonyl (C=O) groups is 3. The Labute approximate surface area is 488 Å². The van der Waals surface area contributed by atoms with Crippen molar-refractivity contribution in [3.8, 4) is 0 Å². The lowest BCUT2D eigenvalue weighted by molar-refractivity contribution is -0.167. The molecule has 1 unspecified atom stereocenters. The van der Waals surface area contributed by atoms with Crippen LogP contribution in [0.3, 0.4) is 0 Å². The summed E-state index contributed by atoms with van der Waals surface area (Å²) in [5.74, 6) is -0.842. The van der Waals surface area contributed by atoms with Crippen LogP contribution in [0.15, 0.2) is 12.2 Å². The Morgan fingerprint density at radius 3 is 0.641 bits per heavy atom. The first-order chi connectivity index (χ1) is 38.5. The normalized spacial score (nSPS) is 12.0. The molecule has 0 aromatic heterocycles. The highest BCUT2D eigenvalue weighted by atomic mass is 16.6. The van der Waals surface area contributed by atoms with Crippen LogP contribution in [0.1, 0.15) is 412 Å². The molecule has 0 heterocycles. The van der Waals surface area contributed by atoms with Crippen LogP contribution in [-0.4, -0.2) is 37.2 Å². The van der Waals surface area contributed by atoms with E-state index < -0.39 is 6.10 Å². The summed E-state index contributed by atoms with van der Waals surface area (Å²) in [6.07, 6.45) is 81.6. The van der Waals surface area contributed by atoms with Crippen molar-refractivity contribution in [3.63, 3.8) is 0 Å². The molecule has 0 amide bonds. The van der Waals surface area contributed by atoms with Crippen molar-refractivity contribution in [1.29, 1.82) is 0 Å². The molecule has 0 bridgehead atoms. The van der Waals surface area contributed by atoms with Gasteiger partial charge in [-0.1, -0.05) is 360 Å². The number of hydrogen-bond donors (Lipinski definition) is 0. The summed E-state index contributed by atoms with van der Waals surface area (Å²) in [7, 11) is 0. The first-order valence-electron chi connectivity index (χ1n) is 35.7. The summed E-state index contributed by atoms with van der Waals surface area (Å²) in [5.41, 5.74) is 0. The number of hydrogen-bond acceptors (Lipinski definition) is 6. The number of rotatable bonds is 67. The summed E-state index contributed by atoms with van der Waals surface area (Å²) in [6, 6.07) is 0. The zero-order valence-corrected chi connectivity index (χ0v) is 53.2. The van der Waals surface area contributed by atoms with Crippen LogP contribution in [0.2, 0.25) is 0 Å². The fraction of sp³-hybridized carbons (Fsp3) is 0.931. The van der Waals surface area contributed by atoms with E-state index in [1.807, 2.05) is 0 Å². The van der Waals surface area contributed by atoms with Crippen LogP contribution in [0.4, 0.5) is 0 Å². The summed E-state index contributed by atoms with van der Waals surface area (Å²) >= 11 is 0. The number of carbonyl (C=O) groups excluding carboxylic acids is 3. The predicted octanol–water partition coefficient (Wildman–Crippen LogP) is 24.4. The van der Waals surface area contributed by atoms with Crippen molar-refractivity contribution in [3.05, 3.63) is 12.2 Å². The first kappa shape index (κ1) is 76.1. The van der Waals surface area contributed by atoms with E-state index in [1.165, 1.54) is 315 Å². The summed E-state index contributed by atoms with van der Waals surface area (Å²) in [4.78, 5) is 38.0. The van der Waals surface area contributed by atoms with Crippen LogP contribution in [-0.2, 0) is 28.6 Å². The van der Waals surface area contributed by atoms with Gasteiger partial charge in [-0.2, -0.15) is 0 Å². The van der Waals surface area contributed by atoms with Crippen molar-refractivity contribution in [2.45, 2.75) is 419 Å². The van der Waals surface area contributed by atoms with Gasteiger partial charge < -0.3 is 14.2 Å². The first-order valence-corrected chi connectivity index (χ1v) is 35.7. The number of ether oxygens (including phenoxy) is 3. The molecule has 0 radical (unpaired) electrons. The van der Waals surface area contributed by atoms with Crippen molar-refractivity contribution >= 4 is 17.9 Å². The highest BCUT2D eigenvalue weighted by Gasteiger charge is 2.19. The maximum absolute atomic E-state index is 12.8. The van der Waals surface area contributed by atoms with E-state index in [0.717, 1.165) is 57.8 Å². The van der Waals surface area contributed by atoms with Crippen molar-refractivity contribution in [2.75, 3.05) is 13.2 Å². The van der Waals surface area contributed by atoms with Crippen molar-refractivity contribution < 1.29 is 28.6 Å². The minimum absolute atomic E-state index is 0.0629. The highest BCUT2D eigenvalue weighted by Crippen LogP contribution is 2.19. The molecule has 0 fully saturated rings. The SMILES string of the molecule is CCCCCCCCCC/C=C\CCCCCCCCCCCCCCCCCCCCCCCCCC(=O)OCC(COC(=O)CCCCCCCC)OC(=O)CCCCCCCCCCCCCCCCCCCCC. The van der Waals surface area contributed by atoms with E-state index in [-0.39, 0.29) is 31.1 Å². The molecular weight excluding hydrogens is 961 g/mol. The molecule has 0 aromatic carbocycles. The van der Waals surface area contributed by atoms with Gasteiger partial charge in [0.2, 0.25) is 0 Å². The Morgan fingerprint density at radius 2 is 0.423 bits per heavy atom. The molecule has 1 atom stereocenters. The number of unbranched alkanes of at least 4 members (excludes halogenated alkanes) is 54. The quantitative estimate of drug-likeness (QED) is 0.0261. The van der Waals surface area contributed by atoms with Crippen LogP contribution in [0.5, 0.6) is 0 Å². The minimum Gasteiger partial charge on any atom is -0.462 e. The third-order valence-corrected chi connectivity index (χ3v) is 16.5. The monoisotopic (exact) mass is 1100 g/mol. The molecule has 6 nitrogen and oxygen atoms in total. The summed E-state index contributed by atoms with van der Waals surface area (Å²) in [6.45, 7) is 6.66. The molecule has 0 N–H and O–H groups in total. The molecule has 0 aliphatic carbocycles. The van der Waals surface area contributed by atoms with Gasteiger partial charge in [-0.3, -0.25) is 14.4 Å². The lowest BCUT2D eigenvalue weighted by Gasteiger charge is -2.18. The second kappa shape index (κ2) is 67.7. The Kier molecular flexibility index (Phi) is 66.0. The molecule has 462 valence electrons. The standard InChI is InChI=1S/C72H138O6/c1-4-7-10-13-16-18-20-22-24-26-28-29-30-31-32-33-34-35-36-37-38-39-40-41-42-43-45-46-48-50-52-54-56-59-62-65-71(74)77-68-69(67-76-70(73)64-61-58-15-12-9-6-3)78-72(75)66-63-60-57-55-53-51-49-47-44-27-25-23-21-19-17-14-11-8-5-2/h26,28,69H,4-25,27,29-68H2,1-3H3/b28-26-. The minimum atomic E-state index is -0.762. The van der Waals surface area contributed by atoms with Gasteiger partial charge in [0.1, 0.15) is 13.2 Å². The van der Waals surface area contributed by atoms with Gasteiger partial charge in [0.25, 0.3) is 0 Å². The topological polar surface area (TPSA) is 78.9 Å². The lowest BCUT2D eigenvalue weighted by Crippen LogP contribution is -2.30. The van der Waals surface area contributed by atoms with Gasteiger partial charge in [-0.15, -0.1) is 0 Å². The average molecular weight is 1100 g/mol. The second-order valence-electron chi connectivity index (χ2n) is 24.5. The van der Waals surface area contributed by atoms with Gasteiger partial charge in [-0.05, 0) is 44.9 Å². The zero-order valence-electron chi connectivity index (χ0n) is 53.2. The van der Waals surface area contributed by atoms with E-state index in [0.29, 0.717) is 19.3 Å². The Hall–Kier alpha value is -1.85. The van der Waals surface area contributed by atoms with E-state index in [2.05, 4.69) is 32.9 Å². The van der Waals surface area contributed by atoms with E-state index in [4.69, 9.17) is 14.2 Å². The van der Waals surface area contributed by atoms with E-state index in [9.17, 15) is 14.4 Å². The van der Waals surface area contributed by atoms with Gasteiger partial charge in [0.15, 0.2) is 6.10 Å². The van der Waals surface area contributed by atoms with Crippen LogP contribution in [0.25, 0.3) is 0 Å². The number of esters is 3.